The van der Waals surface area contributed by atoms with Crippen LogP contribution in [0.25, 0.3) is 0 Å². The fourth-order valence-corrected chi connectivity index (χ4v) is 3.73. The van der Waals surface area contributed by atoms with E-state index in [0.29, 0.717) is 42.4 Å². The van der Waals surface area contributed by atoms with Crippen LogP contribution >= 0.6 is 0 Å². The second-order valence-electron chi connectivity index (χ2n) is 6.40. The van der Waals surface area contributed by atoms with Crippen molar-refractivity contribution in [2.24, 2.45) is 11.8 Å². The van der Waals surface area contributed by atoms with Crippen molar-refractivity contribution in [1.29, 1.82) is 0 Å². The summed E-state index contributed by atoms with van der Waals surface area (Å²) >= 11 is 0. The lowest BCUT2D eigenvalue weighted by Gasteiger charge is -2.28. The van der Waals surface area contributed by atoms with Gasteiger partial charge in [0, 0.05) is 12.6 Å². The minimum absolute atomic E-state index is 0.136. The van der Waals surface area contributed by atoms with Gasteiger partial charge in [0.15, 0.2) is 11.6 Å². The third kappa shape index (κ3) is 2.65. The van der Waals surface area contributed by atoms with Gasteiger partial charge in [0.25, 0.3) is 0 Å². The van der Waals surface area contributed by atoms with E-state index >= 15 is 0 Å². The Labute approximate surface area is 138 Å². The smallest absolute Gasteiger partial charge is 0.340 e. The normalized spacial score (nSPS) is 23.7. The SMILES string of the molecule is CCOc1cc(N2CCC(C3CC3)C2c2n[nH]c(=O)[nH]2)c(F)cn1. The molecule has 2 aromatic rings. The van der Waals surface area contributed by atoms with E-state index in [1.165, 1.54) is 19.0 Å². The summed E-state index contributed by atoms with van der Waals surface area (Å²) in [6.45, 7) is 3.05. The third-order valence-electron chi connectivity index (χ3n) is 4.88. The van der Waals surface area contributed by atoms with E-state index in [4.69, 9.17) is 4.74 Å². The van der Waals surface area contributed by atoms with Crippen molar-refractivity contribution in [3.05, 3.63) is 34.4 Å². The summed E-state index contributed by atoms with van der Waals surface area (Å²) in [5, 5.41) is 6.54. The molecule has 2 aliphatic rings. The molecule has 7 nitrogen and oxygen atoms in total. The molecule has 2 atom stereocenters. The Balaban J connectivity index is 1.73. The summed E-state index contributed by atoms with van der Waals surface area (Å²) in [4.78, 5) is 20.2. The summed E-state index contributed by atoms with van der Waals surface area (Å²) < 4.78 is 19.8. The molecule has 2 unspecified atom stereocenters. The molecule has 2 fully saturated rings. The van der Waals surface area contributed by atoms with Crippen LogP contribution in [0, 0.1) is 17.7 Å². The maximum atomic E-state index is 14.4. The number of aromatic amines is 2. The number of nitrogens with one attached hydrogen (secondary N) is 2. The average molecular weight is 333 g/mol. The van der Waals surface area contributed by atoms with E-state index < -0.39 is 5.82 Å². The maximum absolute atomic E-state index is 14.4. The van der Waals surface area contributed by atoms with Crippen LogP contribution < -0.4 is 15.3 Å². The highest BCUT2D eigenvalue weighted by atomic mass is 19.1. The molecule has 1 saturated heterocycles. The summed E-state index contributed by atoms with van der Waals surface area (Å²) in [6, 6.07) is 1.49. The van der Waals surface area contributed by atoms with Crippen LogP contribution in [0.2, 0.25) is 0 Å². The molecule has 1 aliphatic heterocycles. The largest absolute Gasteiger partial charge is 0.478 e. The number of aromatic nitrogens is 4. The van der Waals surface area contributed by atoms with Gasteiger partial charge in [-0.25, -0.2) is 19.3 Å². The Hall–Kier alpha value is -2.38. The van der Waals surface area contributed by atoms with Crippen molar-refractivity contribution >= 4 is 5.69 Å². The molecule has 0 spiro atoms. The standard InChI is InChI=1S/C16H20FN5O2/c1-2-24-13-7-12(11(17)8-18-13)22-6-5-10(9-3-4-9)14(22)15-19-16(23)21-20-15/h7-10,14H,2-6H2,1H3,(H2,19,20,21,23). The van der Waals surface area contributed by atoms with Crippen LogP contribution in [0.15, 0.2) is 17.1 Å². The number of ether oxygens (including phenoxy) is 1. The Kier molecular flexibility index (Phi) is 3.74. The third-order valence-corrected chi connectivity index (χ3v) is 4.88. The number of nitrogens with zero attached hydrogens (tertiary/aromatic N) is 3. The first-order valence-electron chi connectivity index (χ1n) is 8.37. The predicted octanol–water partition coefficient (Wildman–Crippen LogP) is 2.01. The summed E-state index contributed by atoms with van der Waals surface area (Å²) in [5.41, 5.74) is 0.113. The minimum Gasteiger partial charge on any atom is -0.478 e. The van der Waals surface area contributed by atoms with Crippen molar-refractivity contribution in [2.75, 3.05) is 18.1 Å². The summed E-state index contributed by atoms with van der Waals surface area (Å²) in [7, 11) is 0. The van der Waals surface area contributed by atoms with Gasteiger partial charge >= 0.3 is 5.69 Å². The highest BCUT2D eigenvalue weighted by Crippen LogP contribution is 2.51. The number of halogens is 1. The molecule has 0 aromatic carbocycles. The molecule has 24 heavy (non-hydrogen) atoms. The maximum Gasteiger partial charge on any atom is 0.340 e. The fraction of sp³-hybridized carbons (Fsp3) is 0.562. The van der Waals surface area contributed by atoms with Crippen LogP contribution in [0.4, 0.5) is 10.1 Å². The van der Waals surface area contributed by atoms with E-state index in [1.54, 1.807) is 6.07 Å². The quantitative estimate of drug-likeness (QED) is 0.874. The van der Waals surface area contributed by atoms with Gasteiger partial charge in [-0.3, -0.25) is 4.98 Å². The number of hydrogen-bond donors (Lipinski definition) is 2. The minimum atomic E-state index is -0.391. The average Bonchev–Trinajstić information content (AvgIpc) is 3.18. The van der Waals surface area contributed by atoms with Gasteiger partial charge in [0.05, 0.1) is 24.5 Å². The Morgan fingerprint density at radius 2 is 2.25 bits per heavy atom. The number of pyridine rings is 1. The lowest BCUT2D eigenvalue weighted by molar-refractivity contribution is 0.325. The van der Waals surface area contributed by atoms with Gasteiger partial charge in [0.1, 0.15) is 0 Å². The van der Waals surface area contributed by atoms with Gasteiger partial charge < -0.3 is 9.64 Å². The zero-order valence-corrected chi connectivity index (χ0v) is 13.5. The second-order valence-corrected chi connectivity index (χ2v) is 6.40. The van der Waals surface area contributed by atoms with E-state index in [9.17, 15) is 9.18 Å². The van der Waals surface area contributed by atoms with E-state index in [-0.39, 0.29) is 11.7 Å². The zero-order chi connectivity index (χ0) is 16.7. The second kappa shape index (κ2) is 5.92. The van der Waals surface area contributed by atoms with Crippen molar-refractivity contribution < 1.29 is 9.13 Å². The molecule has 2 aromatic heterocycles. The predicted molar refractivity (Wildman–Crippen MR) is 85.5 cm³/mol. The molecule has 1 aliphatic carbocycles. The van der Waals surface area contributed by atoms with Crippen molar-refractivity contribution in [3.63, 3.8) is 0 Å². The van der Waals surface area contributed by atoms with Crippen LogP contribution in [0.1, 0.15) is 38.1 Å². The van der Waals surface area contributed by atoms with Crippen LogP contribution in [-0.2, 0) is 0 Å². The zero-order valence-electron chi connectivity index (χ0n) is 13.5. The first-order chi connectivity index (χ1) is 11.7. The fourth-order valence-electron chi connectivity index (χ4n) is 3.73. The molecule has 0 radical (unpaired) electrons. The highest BCUT2D eigenvalue weighted by molar-refractivity contribution is 5.52. The lowest BCUT2D eigenvalue weighted by Crippen LogP contribution is -2.28. The molecule has 128 valence electrons. The van der Waals surface area contributed by atoms with Crippen LogP contribution in [-0.4, -0.2) is 33.3 Å². The Bertz CT molecular complexity index is 785. The highest BCUT2D eigenvalue weighted by Gasteiger charge is 2.46. The topological polar surface area (TPSA) is 86.9 Å². The summed E-state index contributed by atoms with van der Waals surface area (Å²) in [6.07, 6.45) is 4.52. The molecule has 8 heteroatoms. The van der Waals surface area contributed by atoms with Crippen molar-refractivity contribution in [3.8, 4) is 5.88 Å². The molecular formula is C16H20FN5O2. The van der Waals surface area contributed by atoms with Crippen molar-refractivity contribution in [1.82, 2.24) is 20.2 Å². The van der Waals surface area contributed by atoms with Gasteiger partial charge in [0.2, 0.25) is 5.88 Å². The number of rotatable bonds is 5. The lowest BCUT2D eigenvalue weighted by atomic mass is 9.94. The number of anilines is 1. The van der Waals surface area contributed by atoms with E-state index in [1.807, 2.05) is 11.8 Å². The molecule has 1 saturated carbocycles. The van der Waals surface area contributed by atoms with Gasteiger partial charge in [-0.05, 0) is 38.0 Å². The molecule has 0 bridgehead atoms. The first kappa shape index (κ1) is 15.2. The monoisotopic (exact) mass is 333 g/mol. The van der Waals surface area contributed by atoms with E-state index in [0.717, 1.165) is 6.42 Å². The van der Waals surface area contributed by atoms with Gasteiger partial charge in [-0.15, -0.1) is 0 Å². The first-order valence-corrected chi connectivity index (χ1v) is 8.37. The summed E-state index contributed by atoms with van der Waals surface area (Å²) in [5.74, 6) is 1.57. The molecule has 3 heterocycles. The Morgan fingerprint density at radius 1 is 1.42 bits per heavy atom. The molecule has 2 N–H and O–H groups in total. The Morgan fingerprint density at radius 3 is 2.92 bits per heavy atom. The van der Waals surface area contributed by atoms with Gasteiger partial charge in [-0.2, -0.15) is 5.10 Å². The van der Waals surface area contributed by atoms with Crippen LogP contribution in [0.5, 0.6) is 5.88 Å². The van der Waals surface area contributed by atoms with Gasteiger partial charge in [-0.1, -0.05) is 0 Å². The van der Waals surface area contributed by atoms with E-state index in [2.05, 4.69) is 20.2 Å². The number of H-pyrrole nitrogens is 2. The molecule has 4 rings (SSSR count). The number of hydrogen-bond acceptors (Lipinski definition) is 5. The van der Waals surface area contributed by atoms with Crippen LogP contribution in [0.3, 0.4) is 0 Å². The van der Waals surface area contributed by atoms with Crippen molar-refractivity contribution in [2.45, 2.75) is 32.2 Å². The molecule has 0 amide bonds. The molecular weight excluding hydrogens is 313 g/mol.